The summed E-state index contributed by atoms with van der Waals surface area (Å²) in [7, 11) is 1.50. The molecule has 5 atom stereocenters. The number of halogens is 3. The van der Waals surface area contributed by atoms with Crippen LogP contribution >= 0.6 is 0 Å². The quantitative estimate of drug-likeness (QED) is 0.240. The van der Waals surface area contributed by atoms with Crippen LogP contribution in [0, 0.1) is 5.92 Å². The number of rotatable bonds is 14. The number of ether oxygens (including phenoxy) is 2. The van der Waals surface area contributed by atoms with Crippen molar-refractivity contribution in [3.8, 4) is 5.75 Å². The number of epoxide rings is 1. The van der Waals surface area contributed by atoms with Gasteiger partial charge in [-0.2, -0.15) is 13.2 Å². The molecule has 0 aromatic heterocycles. The third-order valence-corrected chi connectivity index (χ3v) is 7.89. The minimum atomic E-state index is -5.05. The molecule has 0 radical (unpaired) electrons. The predicted molar refractivity (Wildman–Crippen MR) is 145 cm³/mol. The number of carbonyl (C=O) groups is 4. The number of alkyl halides is 3. The van der Waals surface area contributed by atoms with Crippen molar-refractivity contribution in [2.75, 3.05) is 13.7 Å². The molecule has 10 nitrogen and oxygen atoms in total. The van der Waals surface area contributed by atoms with Gasteiger partial charge in [0.05, 0.1) is 26.2 Å². The smallest absolute Gasteiger partial charge is 0.417 e. The van der Waals surface area contributed by atoms with Crippen LogP contribution in [0.15, 0.2) is 24.3 Å². The molecule has 1 aliphatic carbocycles. The highest BCUT2D eigenvalue weighted by molar-refractivity contribution is 5.98. The van der Waals surface area contributed by atoms with Gasteiger partial charge in [0.2, 0.25) is 17.7 Å². The van der Waals surface area contributed by atoms with Gasteiger partial charge in [-0.15, -0.1) is 0 Å². The molecular weight excluding hydrogens is 559 g/mol. The number of Topliss-reactive ketones (excluding diaryl/α,β-unsaturated/α-hetero) is 1. The van der Waals surface area contributed by atoms with Crippen LogP contribution in [0.3, 0.4) is 0 Å². The van der Waals surface area contributed by atoms with Gasteiger partial charge in [0.15, 0.2) is 11.4 Å². The zero-order valence-corrected chi connectivity index (χ0v) is 24.3. The van der Waals surface area contributed by atoms with E-state index in [9.17, 15) is 37.5 Å². The van der Waals surface area contributed by atoms with E-state index in [2.05, 4.69) is 16.0 Å². The molecule has 1 aromatic rings. The molecule has 5 unspecified atom stereocenters. The lowest BCUT2D eigenvalue weighted by Gasteiger charge is -2.27. The third kappa shape index (κ3) is 8.90. The molecule has 1 saturated heterocycles. The van der Waals surface area contributed by atoms with Gasteiger partial charge < -0.3 is 30.5 Å². The van der Waals surface area contributed by atoms with Crippen molar-refractivity contribution in [2.24, 2.45) is 5.92 Å². The number of hydrogen-bond acceptors (Lipinski definition) is 7. The molecule has 1 heterocycles. The van der Waals surface area contributed by atoms with Crippen molar-refractivity contribution >= 4 is 23.5 Å². The van der Waals surface area contributed by atoms with E-state index in [1.807, 2.05) is 0 Å². The molecule has 1 aromatic carbocycles. The highest BCUT2D eigenvalue weighted by Gasteiger charge is 2.52. The molecule has 13 heteroatoms. The van der Waals surface area contributed by atoms with Gasteiger partial charge in [0.1, 0.15) is 23.4 Å². The highest BCUT2D eigenvalue weighted by atomic mass is 19.4. The van der Waals surface area contributed by atoms with Crippen LogP contribution < -0.4 is 20.7 Å². The Morgan fingerprint density at radius 3 is 2.14 bits per heavy atom. The molecule has 3 amide bonds. The van der Waals surface area contributed by atoms with Crippen LogP contribution in [0.2, 0.25) is 0 Å². The van der Waals surface area contributed by atoms with Crippen LogP contribution in [-0.4, -0.2) is 77.8 Å². The lowest BCUT2D eigenvalue weighted by Crippen LogP contribution is -2.57. The number of hydrogen-bond donors (Lipinski definition) is 4. The normalized spacial score (nSPS) is 22.3. The Morgan fingerprint density at radius 2 is 1.62 bits per heavy atom. The molecule has 2 aliphatic rings. The largest absolute Gasteiger partial charge is 0.497 e. The topological polar surface area (TPSA) is 146 Å². The van der Waals surface area contributed by atoms with Gasteiger partial charge >= 0.3 is 6.18 Å². The summed E-state index contributed by atoms with van der Waals surface area (Å²) >= 11 is 0. The molecule has 2 fully saturated rings. The van der Waals surface area contributed by atoms with E-state index >= 15 is 0 Å². The van der Waals surface area contributed by atoms with Gasteiger partial charge in [0, 0.05) is 6.42 Å². The van der Waals surface area contributed by atoms with Crippen LogP contribution in [-0.2, 0) is 30.3 Å². The van der Waals surface area contributed by atoms with Crippen LogP contribution in [0.1, 0.15) is 64.9 Å². The van der Waals surface area contributed by atoms with Crippen molar-refractivity contribution in [1.82, 2.24) is 16.0 Å². The summed E-state index contributed by atoms with van der Waals surface area (Å²) in [5, 5.41) is 17.1. The van der Waals surface area contributed by atoms with Gasteiger partial charge in [-0.1, -0.05) is 37.8 Å². The van der Waals surface area contributed by atoms with Crippen LogP contribution in [0.5, 0.6) is 5.75 Å². The summed E-state index contributed by atoms with van der Waals surface area (Å²) in [5.74, 6) is -2.06. The second kappa shape index (κ2) is 13.4. The van der Waals surface area contributed by atoms with Crippen LogP contribution in [0.4, 0.5) is 13.2 Å². The van der Waals surface area contributed by atoms with Crippen molar-refractivity contribution in [2.45, 2.75) is 101 Å². The van der Waals surface area contributed by atoms with Crippen molar-refractivity contribution in [1.29, 1.82) is 0 Å². The van der Waals surface area contributed by atoms with E-state index in [0.29, 0.717) is 24.7 Å². The predicted octanol–water partition coefficient (Wildman–Crippen LogP) is 2.35. The Hall–Kier alpha value is -3.19. The maximum absolute atomic E-state index is 13.6. The molecule has 1 saturated carbocycles. The fourth-order valence-electron chi connectivity index (χ4n) is 4.98. The highest BCUT2D eigenvalue weighted by Crippen LogP contribution is 2.34. The van der Waals surface area contributed by atoms with E-state index in [-0.39, 0.29) is 24.7 Å². The fourth-order valence-corrected chi connectivity index (χ4v) is 4.98. The van der Waals surface area contributed by atoms with Gasteiger partial charge in [-0.3, -0.25) is 19.2 Å². The number of benzene rings is 1. The number of nitrogens with one attached hydrogen (secondary N) is 3. The Morgan fingerprint density at radius 1 is 1.05 bits per heavy atom. The van der Waals surface area contributed by atoms with Crippen molar-refractivity contribution in [3.63, 3.8) is 0 Å². The molecule has 0 bridgehead atoms. The van der Waals surface area contributed by atoms with Crippen molar-refractivity contribution < 1.29 is 46.9 Å². The molecule has 42 heavy (non-hydrogen) atoms. The second-order valence-corrected chi connectivity index (χ2v) is 11.7. The zero-order chi connectivity index (χ0) is 31.3. The first-order chi connectivity index (χ1) is 19.5. The minimum Gasteiger partial charge on any atom is -0.497 e. The first-order valence-corrected chi connectivity index (χ1v) is 14.0. The number of carbonyl (C=O) groups excluding carboxylic acids is 4. The van der Waals surface area contributed by atoms with E-state index in [4.69, 9.17) is 9.47 Å². The number of aliphatic hydroxyl groups is 1. The van der Waals surface area contributed by atoms with Gasteiger partial charge in [0.25, 0.3) is 0 Å². The lowest BCUT2D eigenvalue weighted by atomic mass is 9.90. The third-order valence-electron chi connectivity index (χ3n) is 7.89. The van der Waals surface area contributed by atoms with E-state index in [0.717, 1.165) is 25.7 Å². The molecule has 0 spiro atoms. The Labute approximate surface area is 243 Å². The standard InChI is InChI=1S/C29H40F3N3O7/c1-17(33-23(36)15-28(3,40)29(30,31)32)25(38)35-22(14-19-9-11-20(41-4)12-10-19)26(39)34-21(13-18-7-5-6-8-18)24(37)27(2)16-42-27/h9-12,17-18,21-22,40H,5-8,13-16H2,1-4H3,(H,33,36)(H,34,39)(H,35,38). The van der Waals surface area contributed by atoms with Gasteiger partial charge in [-0.05, 0) is 50.8 Å². The van der Waals surface area contributed by atoms with Crippen LogP contribution in [0.25, 0.3) is 0 Å². The summed E-state index contributed by atoms with van der Waals surface area (Å²) in [6.07, 6.45) is -1.91. The van der Waals surface area contributed by atoms with Crippen molar-refractivity contribution in [3.05, 3.63) is 29.8 Å². The maximum atomic E-state index is 13.6. The molecule has 234 valence electrons. The molecule has 4 N–H and O–H groups in total. The summed E-state index contributed by atoms with van der Waals surface area (Å²) in [4.78, 5) is 52.0. The van der Waals surface area contributed by atoms with E-state index in [1.54, 1.807) is 31.2 Å². The summed E-state index contributed by atoms with van der Waals surface area (Å²) < 4.78 is 49.4. The summed E-state index contributed by atoms with van der Waals surface area (Å²) in [6.45, 7) is 3.63. The summed E-state index contributed by atoms with van der Waals surface area (Å²) in [5.41, 5.74) is -3.60. The monoisotopic (exact) mass is 599 g/mol. The van der Waals surface area contributed by atoms with E-state index in [1.165, 1.54) is 14.0 Å². The molecular formula is C29H40F3N3O7. The first kappa shape index (κ1) is 33.3. The maximum Gasteiger partial charge on any atom is 0.417 e. The average Bonchev–Trinajstić information content (AvgIpc) is 3.45. The average molecular weight is 600 g/mol. The Bertz CT molecular complexity index is 1130. The number of ketones is 1. The lowest BCUT2D eigenvalue weighted by molar-refractivity contribution is -0.253. The Kier molecular flexibility index (Phi) is 10.6. The number of methoxy groups -OCH3 is 1. The van der Waals surface area contributed by atoms with E-state index < -0.39 is 59.6 Å². The summed E-state index contributed by atoms with van der Waals surface area (Å²) in [6, 6.07) is 3.42. The fraction of sp³-hybridized carbons (Fsp3) is 0.655. The zero-order valence-electron chi connectivity index (χ0n) is 24.3. The number of amides is 3. The van der Waals surface area contributed by atoms with Gasteiger partial charge in [-0.25, -0.2) is 0 Å². The Balaban J connectivity index is 1.74. The molecule has 3 rings (SSSR count). The first-order valence-electron chi connectivity index (χ1n) is 14.0. The minimum absolute atomic E-state index is 0.0170. The SMILES string of the molecule is COc1ccc(CC(NC(=O)C(C)NC(=O)CC(C)(O)C(F)(F)F)C(=O)NC(CC2CCCC2)C(=O)C2(C)CO2)cc1. The second-order valence-electron chi connectivity index (χ2n) is 11.7. The molecule has 1 aliphatic heterocycles.